The first kappa shape index (κ1) is 18.1. The van der Waals surface area contributed by atoms with Crippen molar-refractivity contribution in [2.45, 2.75) is 26.9 Å². The summed E-state index contributed by atoms with van der Waals surface area (Å²) in [6, 6.07) is 7.97. The molecule has 0 aliphatic heterocycles. The molecule has 0 saturated carbocycles. The summed E-state index contributed by atoms with van der Waals surface area (Å²) in [4.78, 5) is 33.0. The van der Waals surface area contributed by atoms with Crippen molar-refractivity contribution in [1.29, 1.82) is 0 Å². The van der Waals surface area contributed by atoms with Crippen molar-refractivity contribution in [3.05, 3.63) is 57.0 Å². The third-order valence-electron chi connectivity index (χ3n) is 4.41. The van der Waals surface area contributed by atoms with Gasteiger partial charge in [-0.05, 0) is 37.1 Å². The van der Waals surface area contributed by atoms with Crippen LogP contribution in [0, 0.1) is 13.8 Å². The Morgan fingerprint density at radius 2 is 1.92 bits per heavy atom. The molecular formula is C19H22N4O2S. The molecule has 2 heterocycles. The molecule has 0 aliphatic rings. The highest BCUT2D eigenvalue weighted by Crippen LogP contribution is 2.25. The van der Waals surface area contributed by atoms with Crippen molar-refractivity contribution >= 4 is 33.1 Å². The molecule has 1 aromatic carbocycles. The molecule has 0 bridgehead atoms. The van der Waals surface area contributed by atoms with Crippen molar-refractivity contribution in [2.24, 2.45) is 0 Å². The van der Waals surface area contributed by atoms with Crippen molar-refractivity contribution in [3.8, 4) is 0 Å². The summed E-state index contributed by atoms with van der Waals surface area (Å²) in [6.45, 7) is 4.28. The van der Waals surface area contributed by atoms with E-state index < -0.39 is 0 Å². The second-order valence-corrected chi connectivity index (χ2v) is 7.68. The van der Waals surface area contributed by atoms with E-state index in [1.807, 2.05) is 57.1 Å². The van der Waals surface area contributed by atoms with Crippen LogP contribution < -0.4 is 15.8 Å². The number of nitrogens with one attached hydrogen (secondary N) is 1. The van der Waals surface area contributed by atoms with Crippen LogP contribution in [0.25, 0.3) is 10.2 Å². The quantitative estimate of drug-likeness (QED) is 0.749. The number of hydrogen-bond acceptors (Lipinski definition) is 5. The van der Waals surface area contributed by atoms with E-state index in [9.17, 15) is 9.59 Å². The average molecular weight is 370 g/mol. The molecule has 26 heavy (non-hydrogen) atoms. The molecule has 7 heteroatoms. The summed E-state index contributed by atoms with van der Waals surface area (Å²) in [5.41, 5.74) is 2.89. The van der Waals surface area contributed by atoms with Crippen molar-refractivity contribution < 1.29 is 4.79 Å². The van der Waals surface area contributed by atoms with Gasteiger partial charge in [-0.15, -0.1) is 11.3 Å². The summed E-state index contributed by atoms with van der Waals surface area (Å²) >= 11 is 1.50. The van der Waals surface area contributed by atoms with Crippen LogP contribution in [0.4, 0.5) is 5.69 Å². The van der Waals surface area contributed by atoms with Crippen LogP contribution in [0.15, 0.2) is 35.4 Å². The minimum atomic E-state index is -0.213. The Kier molecular flexibility index (Phi) is 5.08. The van der Waals surface area contributed by atoms with Gasteiger partial charge >= 0.3 is 0 Å². The van der Waals surface area contributed by atoms with Gasteiger partial charge < -0.3 is 10.2 Å². The van der Waals surface area contributed by atoms with Gasteiger partial charge in [0.05, 0.1) is 11.7 Å². The van der Waals surface area contributed by atoms with Crippen LogP contribution in [0.5, 0.6) is 0 Å². The normalized spacial score (nSPS) is 10.9. The lowest BCUT2D eigenvalue weighted by Gasteiger charge is -2.13. The van der Waals surface area contributed by atoms with Gasteiger partial charge in [0.2, 0.25) is 5.91 Å². The van der Waals surface area contributed by atoms with E-state index in [0.29, 0.717) is 11.9 Å². The van der Waals surface area contributed by atoms with E-state index >= 15 is 0 Å². The molecule has 0 atom stereocenters. The number of amides is 1. The van der Waals surface area contributed by atoms with Gasteiger partial charge in [-0.25, -0.2) is 4.98 Å². The maximum Gasteiger partial charge on any atom is 0.262 e. The second kappa shape index (κ2) is 7.29. The van der Waals surface area contributed by atoms with E-state index in [-0.39, 0.29) is 18.0 Å². The highest BCUT2D eigenvalue weighted by Gasteiger charge is 2.13. The number of aryl methyl sites for hydroxylation is 2. The van der Waals surface area contributed by atoms with E-state index in [1.165, 1.54) is 22.2 Å². The van der Waals surface area contributed by atoms with E-state index in [4.69, 9.17) is 0 Å². The van der Waals surface area contributed by atoms with E-state index in [2.05, 4.69) is 10.3 Å². The molecule has 1 N–H and O–H groups in total. The fourth-order valence-electron chi connectivity index (χ4n) is 2.71. The summed E-state index contributed by atoms with van der Waals surface area (Å²) in [6.07, 6.45) is 1.45. The zero-order chi connectivity index (χ0) is 18.8. The Morgan fingerprint density at radius 1 is 1.23 bits per heavy atom. The smallest absolute Gasteiger partial charge is 0.262 e. The van der Waals surface area contributed by atoms with Crippen molar-refractivity contribution in [1.82, 2.24) is 14.9 Å². The van der Waals surface area contributed by atoms with Crippen LogP contribution in [0.3, 0.4) is 0 Å². The Labute approximate surface area is 156 Å². The molecule has 0 radical (unpaired) electrons. The van der Waals surface area contributed by atoms with Gasteiger partial charge in [0, 0.05) is 31.2 Å². The number of anilines is 1. The minimum Gasteiger partial charge on any atom is -0.378 e. The summed E-state index contributed by atoms with van der Waals surface area (Å²) in [5.74, 6) is -0.213. The standard InChI is InChI=1S/C19H22N4O2S/c1-12-13(2)26-18-17(12)19(25)23(11-21-18)10-16(24)20-9-14-5-7-15(8-6-14)22(3)4/h5-8,11H,9-10H2,1-4H3,(H,20,24). The zero-order valence-corrected chi connectivity index (χ0v) is 16.2. The van der Waals surface area contributed by atoms with Crippen LogP contribution in [0.1, 0.15) is 16.0 Å². The number of aromatic nitrogens is 2. The molecule has 2 aromatic heterocycles. The number of carbonyl (C=O) groups excluding carboxylic acids is 1. The first-order chi connectivity index (χ1) is 12.4. The molecule has 0 spiro atoms. The summed E-state index contributed by atoms with van der Waals surface area (Å²) in [5, 5.41) is 3.47. The third kappa shape index (κ3) is 3.62. The fraction of sp³-hybridized carbons (Fsp3) is 0.316. The second-order valence-electron chi connectivity index (χ2n) is 6.48. The van der Waals surface area contributed by atoms with Gasteiger partial charge in [-0.3, -0.25) is 14.2 Å². The predicted molar refractivity (Wildman–Crippen MR) is 106 cm³/mol. The minimum absolute atomic E-state index is 0.0358. The van der Waals surface area contributed by atoms with Gasteiger partial charge in [-0.2, -0.15) is 0 Å². The maximum absolute atomic E-state index is 12.6. The van der Waals surface area contributed by atoms with Crippen LogP contribution in [-0.4, -0.2) is 29.6 Å². The first-order valence-corrected chi connectivity index (χ1v) is 9.16. The Bertz CT molecular complexity index is 1000. The number of carbonyl (C=O) groups is 1. The topological polar surface area (TPSA) is 67.2 Å². The highest BCUT2D eigenvalue weighted by atomic mass is 32.1. The number of thiophene rings is 1. The summed E-state index contributed by atoms with van der Waals surface area (Å²) < 4.78 is 1.37. The Hall–Kier alpha value is -2.67. The molecule has 3 aromatic rings. The van der Waals surface area contributed by atoms with Gasteiger partial charge in [0.1, 0.15) is 11.4 Å². The largest absolute Gasteiger partial charge is 0.378 e. The molecule has 1 amide bonds. The van der Waals surface area contributed by atoms with E-state index in [1.54, 1.807) is 0 Å². The number of nitrogens with zero attached hydrogens (tertiary/aromatic N) is 3. The number of hydrogen-bond donors (Lipinski definition) is 1. The highest BCUT2D eigenvalue weighted by molar-refractivity contribution is 7.18. The Morgan fingerprint density at radius 3 is 2.58 bits per heavy atom. The van der Waals surface area contributed by atoms with Crippen LogP contribution in [0.2, 0.25) is 0 Å². The number of rotatable bonds is 5. The fourth-order valence-corrected chi connectivity index (χ4v) is 3.69. The SMILES string of the molecule is Cc1sc2ncn(CC(=O)NCc3ccc(N(C)C)cc3)c(=O)c2c1C. The van der Waals surface area contributed by atoms with Crippen molar-refractivity contribution in [2.75, 3.05) is 19.0 Å². The molecule has 0 fully saturated rings. The average Bonchev–Trinajstić information content (AvgIpc) is 2.91. The summed E-state index contributed by atoms with van der Waals surface area (Å²) in [7, 11) is 3.96. The molecule has 136 valence electrons. The van der Waals surface area contributed by atoms with E-state index in [0.717, 1.165) is 26.5 Å². The number of benzene rings is 1. The molecule has 0 aliphatic carbocycles. The first-order valence-electron chi connectivity index (χ1n) is 8.35. The van der Waals surface area contributed by atoms with Crippen molar-refractivity contribution in [3.63, 3.8) is 0 Å². The lowest BCUT2D eigenvalue weighted by molar-refractivity contribution is -0.121. The lowest BCUT2D eigenvalue weighted by atomic mass is 10.2. The maximum atomic E-state index is 12.6. The lowest BCUT2D eigenvalue weighted by Crippen LogP contribution is -2.32. The molecule has 0 unspecified atom stereocenters. The van der Waals surface area contributed by atoms with Gasteiger partial charge in [-0.1, -0.05) is 12.1 Å². The molecule has 6 nitrogen and oxygen atoms in total. The number of fused-ring (bicyclic) bond motifs is 1. The van der Waals surface area contributed by atoms with Gasteiger partial charge in [0.15, 0.2) is 0 Å². The molecule has 0 saturated heterocycles. The zero-order valence-electron chi connectivity index (χ0n) is 15.4. The van der Waals surface area contributed by atoms with Crippen LogP contribution >= 0.6 is 11.3 Å². The molecule has 3 rings (SSSR count). The molecular weight excluding hydrogens is 348 g/mol. The van der Waals surface area contributed by atoms with Crippen LogP contribution in [-0.2, 0) is 17.9 Å². The predicted octanol–water partition coefficient (Wildman–Crippen LogP) is 2.46. The Balaban J connectivity index is 1.68. The van der Waals surface area contributed by atoms with Gasteiger partial charge in [0.25, 0.3) is 5.56 Å². The monoisotopic (exact) mass is 370 g/mol. The third-order valence-corrected chi connectivity index (χ3v) is 5.53.